The number of nitrogens with one attached hydrogen (secondary N) is 2. The highest BCUT2D eigenvalue weighted by molar-refractivity contribution is 5.93. The first-order chi connectivity index (χ1) is 12.1. The van der Waals surface area contributed by atoms with Gasteiger partial charge in [-0.25, -0.2) is 4.79 Å². The van der Waals surface area contributed by atoms with Crippen LogP contribution in [0.3, 0.4) is 0 Å². The van der Waals surface area contributed by atoms with E-state index in [0.717, 1.165) is 0 Å². The summed E-state index contributed by atoms with van der Waals surface area (Å²) >= 11 is 0. The number of rotatable bonds is 8. The summed E-state index contributed by atoms with van der Waals surface area (Å²) in [5.74, 6) is -0.748. The molecular formula is C17H17N3O5. The smallest absolute Gasteiger partial charge is 0.341 e. The fourth-order valence-corrected chi connectivity index (χ4v) is 1.72. The van der Waals surface area contributed by atoms with Crippen LogP contribution in [0.1, 0.15) is 17.3 Å². The van der Waals surface area contributed by atoms with Gasteiger partial charge >= 0.3 is 5.97 Å². The Bertz CT molecular complexity index is 762. The molecule has 130 valence electrons. The molecule has 8 heteroatoms. The average molecular weight is 343 g/mol. The monoisotopic (exact) mass is 343 g/mol. The highest BCUT2D eigenvalue weighted by atomic mass is 16.5. The minimum atomic E-state index is -1.08. The molecule has 1 aromatic heterocycles. The number of carboxylic acids is 1. The van der Waals surface area contributed by atoms with Crippen LogP contribution >= 0.6 is 0 Å². The first-order valence-electron chi connectivity index (χ1n) is 7.29. The molecule has 8 nitrogen and oxygen atoms in total. The maximum absolute atomic E-state index is 11.9. The van der Waals surface area contributed by atoms with E-state index in [1.54, 1.807) is 43.3 Å². The summed E-state index contributed by atoms with van der Waals surface area (Å²) in [5, 5.41) is 8.67. The number of aromatic nitrogens is 1. The number of nitrogens with zero attached hydrogens (tertiary/aromatic N) is 1. The molecule has 2 rings (SSSR count). The highest BCUT2D eigenvalue weighted by Crippen LogP contribution is 2.26. The van der Waals surface area contributed by atoms with E-state index < -0.39 is 12.6 Å². The predicted octanol–water partition coefficient (Wildman–Crippen LogP) is 1.72. The lowest BCUT2D eigenvalue weighted by atomic mass is 10.3. The van der Waals surface area contributed by atoms with Crippen LogP contribution in [0.2, 0.25) is 0 Å². The number of allylic oxidation sites excluding steroid dienone is 1. The predicted molar refractivity (Wildman–Crippen MR) is 88.8 cm³/mol. The van der Waals surface area contributed by atoms with Gasteiger partial charge in [0.25, 0.3) is 5.91 Å². The topological polar surface area (TPSA) is 110 Å². The second kappa shape index (κ2) is 8.92. The third-order valence-corrected chi connectivity index (χ3v) is 2.88. The normalized spacial score (nSPS) is 10.7. The molecule has 0 spiro atoms. The lowest BCUT2D eigenvalue weighted by Crippen LogP contribution is -2.36. The number of carbonyl (C=O) groups is 2. The molecule has 0 atom stereocenters. The van der Waals surface area contributed by atoms with Gasteiger partial charge in [0.05, 0.1) is 5.70 Å². The Labute approximate surface area is 144 Å². The van der Waals surface area contributed by atoms with Crippen molar-refractivity contribution in [3.8, 4) is 11.5 Å². The summed E-state index contributed by atoms with van der Waals surface area (Å²) < 4.78 is 10.6. The van der Waals surface area contributed by atoms with Crippen molar-refractivity contribution in [3.05, 3.63) is 66.3 Å². The van der Waals surface area contributed by atoms with Gasteiger partial charge in [0.1, 0.15) is 6.26 Å². The molecule has 0 aliphatic heterocycles. The van der Waals surface area contributed by atoms with E-state index in [-0.39, 0.29) is 5.91 Å². The van der Waals surface area contributed by atoms with E-state index in [4.69, 9.17) is 14.6 Å². The van der Waals surface area contributed by atoms with Crippen molar-refractivity contribution in [1.82, 2.24) is 15.8 Å². The van der Waals surface area contributed by atoms with E-state index in [9.17, 15) is 9.59 Å². The molecule has 0 aliphatic carbocycles. The van der Waals surface area contributed by atoms with Crippen molar-refractivity contribution in [1.29, 1.82) is 0 Å². The number of hydrogen-bond acceptors (Lipinski definition) is 6. The van der Waals surface area contributed by atoms with Gasteiger partial charge in [0.15, 0.2) is 18.1 Å². The highest BCUT2D eigenvalue weighted by Gasteiger charge is 2.06. The second-order valence-electron chi connectivity index (χ2n) is 4.86. The van der Waals surface area contributed by atoms with E-state index in [0.29, 0.717) is 22.8 Å². The Morgan fingerprint density at radius 3 is 2.48 bits per heavy atom. The number of benzene rings is 1. The van der Waals surface area contributed by atoms with Crippen LogP contribution in [0, 0.1) is 0 Å². The maximum atomic E-state index is 11.9. The quantitative estimate of drug-likeness (QED) is 0.494. The van der Waals surface area contributed by atoms with Crippen molar-refractivity contribution < 1.29 is 24.2 Å². The van der Waals surface area contributed by atoms with Gasteiger partial charge < -0.3 is 14.6 Å². The van der Waals surface area contributed by atoms with E-state index >= 15 is 0 Å². The Morgan fingerprint density at radius 1 is 1.12 bits per heavy atom. The molecule has 0 bridgehead atoms. The molecule has 0 aliphatic rings. The molecular weight excluding hydrogens is 326 g/mol. The number of ether oxygens (including phenoxy) is 2. The molecule has 0 saturated heterocycles. The van der Waals surface area contributed by atoms with Crippen LogP contribution in [-0.4, -0.2) is 28.6 Å². The standard InChI is InChI=1S/C17H17N3O5/c1-12(19-20-17(23)13-6-8-18-9-7-13)10-24-14-4-2-3-5-15(14)25-11-16(21)22/h2-10,19H,11H2,1H3,(H,20,23)(H,21,22). The minimum Gasteiger partial charge on any atom is -0.479 e. The van der Waals surface area contributed by atoms with Gasteiger partial charge in [-0.05, 0) is 31.2 Å². The van der Waals surface area contributed by atoms with Crippen molar-refractivity contribution >= 4 is 11.9 Å². The maximum Gasteiger partial charge on any atom is 0.341 e. The van der Waals surface area contributed by atoms with Crippen molar-refractivity contribution in [2.75, 3.05) is 6.61 Å². The van der Waals surface area contributed by atoms with Gasteiger partial charge in [-0.1, -0.05) is 12.1 Å². The first kappa shape index (κ1) is 17.8. The number of amides is 1. The SMILES string of the molecule is CC(=COc1ccccc1OCC(=O)O)NNC(=O)c1ccncc1. The number of hydrogen-bond donors (Lipinski definition) is 3. The third-order valence-electron chi connectivity index (χ3n) is 2.88. The number of hydrazine groups is 1. The van der Waals surface area contributed by atoms with Crippen LogP contribution in [0.15, 0.2) is 60.8 Å². The molecule has 0 radical (unpaired) electrons. The van der Waals surface area contributed by atoms with Crippen LogP contribution in [-0.2, 0) is 4.79 Å². The molecule has 0 unspecified atom stereocenters. The van der Waals surface area contributed by atoms with E-state index in [1.807, 2.05) is 0 Å². The summed E-state index contributed by atoms with van der Waals surface area (Å²) in [7, 11) is 0. The van der Waals surface area contributed by atoms with E-state index in [2.05, 4.69) is 15.8 Å². The van der Waals surface area contributed by atoms with E-state index in [1.165, 1.54) is 18.7 Å². The number of carbonyl (C=O) groups excluding carboxylic acids is 1. The summed E-state index contributed by atoms with van der Waals surface area (Å²) in [6.07, 6.45) is 4.42. The fourth-order valence-electron chi connectivity index (χ4n) is 1.72. The Balaban J connectivity index is 1.91. The Hall–Kier alpha value is -3.55. The second-order valence-corrected chi connectivity index (χ2v) is 4.86. The van der Waals surface area contributed by atoms with Crippen molar-refractivity contribution in [3.63, 3.8) is 0 Å². The molecule has 0 fully saturated rings. The Morgan fingerprint density at radius 2 is 1.80 bits per heavy atom. The molecule has 0 saturated carbocycles. The third kappa shape index (κ3) is 5.87. The lowest BCUT2D eigenvalue weighted by Gasteiger charge is -2.11. The van der Waals surface area contributed by atoms with Crippen LogP contribution in [0.5, 0.6) is 11.5 Å². The molecule has 25 heavy (non-hydrogen) atoms. The zero-order valence-corrected chi connectivity index (χ0v) is 13.4. The fraction of sp³-hybridized carbons (Fsp3) is 0.118. The van der Waals surface area contributed by atoms with Gasteiger partial charge in [0, 0.05) is 18.0 Å². The zero-order chi connectivity index (χ0) is 18.1. The number of aliphatic carboxylic acids is 1. The summed E-state index contributed by atoms with van der Waals surface area (Å²) in [5.41, 5.74) is 6.20. The summed E-state index contributed by atoms with van der Waals surface area (Å²) in [4.78, 5) is 26.3. The molecule has 1 heterocycles. The number of carboxylic acid groups (broad SMARTS) is 1. The zero-order valence-electron chi connectivity index (χ0n) is 13.4. The number of para-hydroxylation sites is 2. The number of pyridine rings is 1. The molecule has 1 aromatic carbocycles. The average Bonchev–Trinajstić information content (AvgIpc) is 2.64. The van der Waals surface area contributed by atoms with Crippen molar-refractivity contribution in [2.24, 2.45) is 0 Å². The molecule has 2 aromatic rings. The molecule has 3 N–H and O–H groups in total. The van der Waals surface area contributed by atoms with Crippen LogP contribution in [0.25, 0.3) is 0 Å². The lowest BCUT2D eigenvalue weighted by molar-refractivity contribution is -0.139. The van der Waals surface area contributed by atoms with Crippen LogP contribution < -0.4 is 20.3 Å². The van der Waals surface area contributed by atoms with Gasteiger partial charge in [-0.3, -0.25) is 20.6 Å². The summed E-state index contributed by atoms with van der Waals surface area (Å²) in [6.45, 7) is 1.22. The van der Waals surface area contributed by atoms with Gasteiger partial charge in [-0.2, -0.15) is 0 Å². The van der Waals surface area contributed by atoms with Crippen LogP contribution in [0.4, 0.5) is 0 Å². The van der Waals surface area contributed by atoms with Gasteiger partial charge in [-0.15, -0.1) is 0 Å². The molecule has 1 amide bonds. The largest absolute Gasteiger partial charge is 0.479 e. The first-order valence-corrected chi connectivity index (χ1v) is 7.29. The summed E-state index contributed by atoms with van der Waals surface area (Å²) in [6, 6.07) is 9.83. The minimum absolute atomic E-state index is 0.301. The van der Waals surface area contributed by atoms with Crippen molar-refractivity contribution in [2.45, 2.75) is 6.92 Å². The Kier molecular flexibility index (Phi) is 6.35. The van der Waals surface area contributed by atoms with Gasteiger partial charge in [0.2, 0.25) is 0 Å².